The highest BCUT2D eigenvalue weighted by Gasteiger charge is 2.20. The van der Waals surface area contributed by atoms with Gasteiger partial charge in [0.1, 0.15) is 11.9 Å². The van der Waals surface area contributed by atoms with Crippen LogP contribution >= 0.6 is 0 Å². The van der Waals surface area contributed by atoms with E-state index in [4.69, 9.17) is 0 Å². The predicted octanol–water partition coefficient (Wildman–Crippen LogP) is 2.21. The third-order valence-corrected chi connectivity index (χ3v) is 3.05. The van der Waals surface area contributed by atoms with Crippen LogP contribution in [0.5, 0.6) is 0 Å². The molecule has 3 nitrogen and oxygen atoms in total. The molecule has 1 aliphatic rings. The van der Waals surface area contributed by atoms with E-state index in [1.165, 1.54) is 12.1 Å². The second-order valence-corrected chi connectivity index (χ2v) is 4.44. The van der Waals surface area contributed by atoms with Crippen molar-refractivity contribution in [3.63, 3.8) is 0 Å². The van der Waals surface area contributed by atoms with Crippen molar-refractivity contribution >= 4 is 11.6 Å². The number of carbonyl (C=O) groups excluding carboxylic acids is 1. The van der Waals surface area contributed by atoms with Crippen LogP contribution in [0.25, 0.3) is 0 Å². The molecule has 1 fully saturated rings. The average Bonchev–Trinajstić information content (AvgIpc) is 2.48. The standard InChI is InChI=1S/C13H17FN2O/c1-9-8-10(14)5-6-11(9)16-12-4-2-3-7-15-13(12)17/h5-6,8,12,16H,2-4,7H2,1H3,(H,15,17). The second-order valence-electron chi connectivity index (χ2n) is 4.44. The number of rotatable bonds is 2. The summed E-state index contributed by atoms with van der Waals surface area (Å²) < 4.78 is 13.0. The minimum atomic E-state index is -0.252. The van der Waals surface area contributed by atoms with Crippen LogP contribution in [0.3, 0.4) is 0 Å². The summed E-state index contributed by atoms with van der Waals surface area (Å²) in [6.45, 7) is 2.58. The van der Waals surface area contributed by atoms with Gasteiger partial charge in [-0.1, -0.05) is 0 Å². The van der Waals surface area contributed by atoms with Crippen molar-refractivity contribution in [3.05, 3.63) is 29.6 Å². The number of aryl methyl sites for hydroxylation is 1. The summed E-state index contributed by atoms with van der Waals surface area (Å²) in [6.07, 6.45) is 2.87. The van der Waals surface area contributed by atoms with Gasteiger partial charge in [0.05, 0.1) is 0 Å². The van der Waals surface area contributed by atoms with Crippen molar-refractivity contribution in [2.24, 2.45) is 0 Å². The molecule has 1 aromatic rings. The van der Waals surface area contributed by atoms with Crippen molar-refractivity contribution in [3.8, 4) is 0 Å². The molecule has 0 saturated carbocycles. The zero-order valence-corrected chi connectivity index (χ0v) is 9.92. The van der Waals surface area contributed by atoms with Gasteiger partial charge in [-0.05, 0) is 49.9 Å². The van der Waals surface area contributed by atoms with E-state index in [1.54, 1.807) is 6.07 Å². The van der Waals surface area contributed by atoms with Gasteiger partial charge in [0.15, 0.2) is 0 Å². The largest absolute Gasteiger partial charge is 0.373 e. The predicted molar refractivity (Wildman–Crippen MR) is 65.4 cm³/mol. The Bertz CT molecular complexity index is 420. The number of amides is 1. The Labute approximate surface area is 100 Å². The molecular formula is C13H17FN2O. The van der Waals surface area contributed by atoms with Gasteiger partial charge in [0.25, 0.3) is 0 Å². The summed E-state index contributed by atoms with van der Waals surface area (Å²) in [5.74, 6) is -0.218. The van der Waals surface area contributed by atoms with Crippen LogP contribution in [-0.2, 0) is 4.79 Å². The maximum atomic E-state index is 13.0. The van der Waals surface area contributed by atoms with Gasteiger partial charge in [0.2, 0.25) is 5.91 Å². The molecule has 1 heterocycles. The molecule has 17 heavy (non-hydrogen) atoms. The van der Waals surface area contributed by atoms with Crippen LogP contribution in [0.4, 0.5) is 10.1 Å². The number of benzene rings is 1. The van der Waals surface area contributed by atoms with Gasteiger partial charge in [-0.25, -0.2) is 4.39 Å². The lowest BCUT2D eigenvalue weighted by atomic mass is 10.1. The number of halogens is 1. The Morgan fingerprint density at radius 3 is 3.00 bits per heavy atom. The maximum Gasteiger partial charge on any atom is 0.242 e. The second kappa shape index (κ2) is 5.17. The fourth-order valence-electron chi connectivity index (χ4n) is 2.05. The first-order chi connectivity index (χ1) is 8.16. The number of hydrogen-bond acceptors (Lipinski definition) is 2. The Morgan fingerprint density at radius 2 is 2.24 bits per heavy atom. The zero-order valence-electron chi connectivity index (χ0n) is 9.92. The highest BCUT2D eigenvalue weighted by molar-refractivity contribution is 5.85. The summed E-state index contributed by atoms with van der Waals surface area (Å²) in [4.78, 5) is 11.7. The van der Waals surface area contributed by atoms with Crippen LogP contribution in [-0.4, -0.2) is 18.5 Å². The topological polar surface area (TPSA) is 41.1 Å². The van der Waals surface area contributed by atoms with E-state index < -0.39 is 0 Å². The Balaban J connectivity index is 2.10. The first-order valence-corrected chi connectivity index (χ1v) is 5.97. The third kappa shape index (κ3) is 2.96. The monoisotopic (exact) mass is 236 g/mol. The first-order valence-electron chi connectivity index (χ1n) is 5.97. The molecule has 0 spiro atoms. The molecular weight excluding hydrogens is 219 g/mol. The summed E-state index contributed by atoms with van der Waals surface area (Å²) in [7, 11) is 0. The molecule has 1 amide bonds. The van der Waals surface area contributed by atoms with Crippen molar-refractivity contribution in [2.75, 3.05) is 11.9 Å². The summed E-state index contributed by atoms with van der Waals surface area (Å²) in [6, 6.07) is 4.35. The fraction of sp³-hybridized carbons (Fsp3) is 0.462. The van der Waals surface area contributed by atoms with Crippen LogP contribution in [0.15, 0.2) is 18.2 Å². The maximum absolute atomic E-state index is 13.0. The van der Waals surface area contributed by atoms with Crippen molar-refractivity contribution in [2.45, 2.75) is 32.2 Å². The van der Waals surface area contributed by atoms with E-state index in [-0.39, 0.29) is 17.8 Å². The summed E-state index contributed by atoms with van der Waals surface area (Å²) >= 11 is 0. The molecule has 0 bridgehead atoms. The lowest BCUT2D eigenvalue weighted by Crippen LogP contribution is -2.38. The number of nitrogens with one attached hydrogen (secondary N) is 2. The van der Waals surface area contributed by atoms with E-state index in [9.17, 15) is 9.18 Å². The first kappa shape index (κ1) is 11.9. The summed E-state index contributed by atoms with van der Waals surface area (Å²) in [5, 5.41) is 6.06. The molecule has 1 unspecified atom stereocenters. The zero-order chi connectivity index (χ0) is 12.3. The minimum absolute atomic E-state index is 0.0335. The Hall–Kier alpha value is -1.58. The van der Waals surface area contributed by atoms with Crippen molar-refractivity contribution < 1.29 is 9.18 Å². The van der Waals surface area contributed by atoms with Crippen LogP contribution in [0.2, 0.25) is 0 Å². The molecule has 1 saturated heterocycles. The molecule has 1 aromatic carbocycles. The van der Waals surface area contributed by atoms with Crippen molar-refractivity contribution in [1.29, 1.82) is 0 Å². The van der Waals surface area contributed by atoms with E-state index in [1.807, 2.05) is 6.92 Å². The molecule has 2 rings (SSSR count). The van der Waals surface area contributed by atoms with E-state index in [0.29, 0.717) is 0 Å². The summed E-state index contributed by atoms with van der Waals surface area (Å²) in [5.41, 5.74) is 1.65. The quantitative estimate of drug-likeness (QED) is 0.826. The van der Waals surface area contributed by atoms with Crippen LogP contribution in [0, 0.1) is 12.7 Å². The molecule has 2 N–H and O–H groups in total. The lowest BCUT2D eigenvalue weighted by Gasteiger charge is -2.18. The SMILES string of the molecule is Cc1cc(F)ccc1NC1CCCCNC1=O. The molecule has 92 valence electrons. The fourth-order valence-corrected chi connectivity index (χ4v) is 2.05. The van der Waals surface area contributed by atoms with Gasteiger partial charge in [0, 0.05) is 12.2 Å². The lowest BCUT2D eigenvalue weighted by molar-refractivity contribution is -0.121. The number of hydrogen-bond donors (Lipinski definition) is 2. The third-order valence-electron chi connectivity index (χ3n) is 3.05. The highest BCUT2D eigenvalue weighted by atomic mass is 19.1. The molecule has 0 aliphatic carbocycles. The van der Waals surface area contributed by atoms with Gasteiger partial charge in [-0.3, -0.25) is 4.79 Å². The molecule has 1 atom stereocenters. The van der Waals surface area contributed by atoms with Crippen LogP contribution < -0.4 is 10.6 Å². The van der Waals surface area contributed by atoms with Gasteiger partial charge in [-0.15, -0.1) is 0 Å². The molecule has 1 aliphatic heterocycles. The van der Waals surface area contributed by atoms with Crippen LogP contribution in [0.1, 0.15) is 24.8 Å². The van der Waals surface area contributed by atoms with Gasteiger partial charge in [-0.2, -0.15) is 0 Å². The molecule has 0 aromatic heterocycles. The Morgan fingerprint density at radius 1 is 1.41 bits per heavy atom. The van der Waals surface area contributed by atoms with E-state index >= 15 is 0 Å². The minimum Gasteiger partial charge on any atom is -0.373 e. The van der Waals surface area contributed by atoms with E-state index in [2.05, 4.69) is 10.6 Å². The molecule has 4 heteroatoms. The van der Waals surface area contributed by atoms with Gasteiger partial charge >= 0.3 is 0 Å². The van der Waals surface area contributed by atoms with Crippen molar-refractivity contribution in [1.82, 2.24) is 5.32 Å². The smallest absolute Gasteiger partial charge is 0.242 e. The highest BCUT2D eigenvalue weighted by Crippen LogP contribution is 2.19. The van der Waals surface area contributed by atoms with E-state index in [0.717, 1.165) is 37.1 Å². The van der Waals surface area contributed by atoms with Gasteiger partial charge < -0.3 is 10.6 Å². The number of carbonyl (C=O) groups is 1. The Kier molecular flexibility index (Phi) is 3.61. The normalized spacial score (nSPS) is 20.6. The molecule has 0 radical (unpaired) electrons. The number of anilines is 1. The average molecular weight is 236 g/mol.